The Morgan fingerprint density at radius 1 is 1.11 bits per heavy atom. The summed E-state index contributed by atoms with van der Waals surface area (Å²) in [6, 6.07) is 20.7. The van der Waals surface area contributed by atoms with Gasteiger partial charge in [0, 0.05) is 10.2 Å². The lowest BCUT2D eigenvalue weighted by atomic mass is 9.92. The van der Waals surface area contributed by atoms with Crippen molar-refractivity contribution in [1.82, 2.24) is 5.32 Å². The van der Waals surface area contributed by atoms with Gasteiger partial charge in [0.25, 0.3) is 5.91 Å². The zero-order valence-electron chi connectivity index (χ0n) is 20.0. The minimum absolute atomic E-state index is 0.0196. The number of benzene rings is 3. The second-order valence-corrected chi connectivity index (χ2v) is 10.1. The minimum Gasteiger partial charge on any atom is -0.482 e. The number of halogens is 1. The van der Waals surface area contributed by atoms with Crippen LogP contribution in [0, 0.1) is 0 Å². The molecule has 0 radical (unpaired) electrons. The standard InChI is InChI=1S/C28H28BrN3O3/c1-18(2)20-6-5-7-21(14-20)28(3,4)31-27(34)30-23-12-13-25-24(15-23)32(26(33)17-35-25)16-19-8-10-22(29)11-9-19/h5-15H,1,16-17H2,2-4H3,(H2,30,31,34). The maximum atomic E-state index is 12.9. The summed E-state index contributed by atoms with van der Waals surface area (Å²) in [5.74, 6) is 0.463. The molecule has 0 saturated heterocycles. The molecule has 1 aliphatic rings. The third-order valence-corrected chi connectivity index (χ3v) is 6.45. The fourth-order valence-electron chi connectivity index (χ4n) is 3.92. The number of allylic oxidation sites excluding steroid dienone is 1. The van der Waals surface area contributed by atoms with Gasteiger partial charge in [-0.3, -0.25) is 4.79 Å². The van der Waals surface area contributed by atoms with Crippen LogP contribution < -0.4 is 20.3 Å². The third kappa shape index (κ3) is 5.74. The molecular formula is C28H28BrN3O3. The quantitative estimate of drug-likeness (QED) is 0.381. The van der Waals surface area contributed by atoms with Crippen molar-refractivity contribution in [1.29, 1.82) is 0 Å². The average molecular weight is 534 g/mol. The van der Waals surface area contributed by atoms with Gasteiger partial charge in [0.15, 0.2) is 6.61 Å². The highest BCUT2D eigenvalue weighted by Crippen LogP contribution is 2.36. The van der Waals surface area contributed by atoms with Crippen molar-refractivity contribution in [2.24, 2.45) is 0 Å². The number of nitrogens with zero attached hydrogens (tertiary/aromatic N) is 1. The summed E-state index contributed by atoms with van der Waals surface area (Å²) in [6.07, 6.45) is 0. The maximum Gasteiger partial charge on any atom is 0.319 e. The molecule has 3 aromatic carbocycles. The molecule has 180 valence electrons. The molecule has 0 aliphatic carbocycles. The van der Waals surface area contributed by atoms with Gasteiger partial charge in [-0.25, -0.2) is 4.79 Å². The van der Waals surface area contributed by atoms with Crippen molar-refractivity contribution < 1.29 is 14.3 Å². The molecule has 3 aromatic rings. The fourth-order valence-corrected chi connectivity index (χ4v) is 4.18. The van der Waals surface area contributed by atoms with E-state index in [2.05, 4.69) is 33.1 Å². The van der Waals surface area contributed by atoms with E-state index in [-0.39, 0.29) is 18.5 Å². The molecule has 1 heterocycles. The normalized spacial score (nSPS) is 13.0. The molecule has 35 heavy (non-hydrogen) atoms. The number of ether oxygens (including phenoxy) is 1. The van der Waals surface area contributed by atoms with E-state index in [1.807, 2.05) is 69.3 Å². The first kappa shape index (κ1) is 24.5. The lowest BCUT2D eigenvalue weighted by molar-refractivity contribution is -0.121. The zero-order chi connectivity index (χ0) is 25.2. The van der Waals surface area contributed by atoms with Crippen molar-refractivity contribution in [3.63, 3.8) is 0 Å². The van der Waals surface area contributed by atoms with Crippen LogP contribution in [-0.2, 0) is 16.9 Å². The minimum atomic E-state index is -0.615. The third-order valence-electron chi connectivity index (χ3n) is 5.92. The molecular weight excluding hydrogens is 506 g/mol. The van der Waals surface area contributed by atoms with E-state index in [1.165, 1.54) is 0 Å². The largest absolute Gasteiger partial charge is 0.482 e. The smallest absolute Gasteiger partial charge is 0.319 e. The Morgan fingerprint density at radius 3 is 2.57 bits per heavy atom. The van der Waals surface area contributed by atoms with E-state index in [4.69, 9.17) is 4.74 Å². The lowest BCUT2D eigenvalue weighted by Gasteiger charge is -2.30. The van der Waals surface area contributed by atoms with E-state index < -0.39 is 5.54 Å². The molecule has 6 nitrogen and oxygen atoms in total. The van der Waals surface area contributed by atoms with E-state index in [1.54, 1.807) is 23.1 Å². The molecule has 0 saturated carbocycles. The van der Waals surface area contributed by atoms with Crippen molar-refractivity contribution in [3.8, 4) is 5.75 Å². The number of hydrogen-bond acceptors (Lipinski definition) is 3. The second-order valence-electron chi connectivity index (χ2n) is 9.14. The molecule has 0 fully saturated rings. The van der Waals surface area contributed by atoms with Crippen LogP contribution in [0.1, 0.15) is 37.5 Å². The van der Waals surface area contributed by atoms with E-state index in [9.17, 15) is 9.59 Å². The number of rotatable bonds is 6. The van der Waals surface area contributed by atoms with Gasteiger partial charge in [-0.05, 0) is 73.9 Å². The summed E-state index contributed by atoms with van der Waals surface area (Å²) in [5, 5.41) is 5.93. The van der Waals surface area contributed by atoms with Gasteiger partial charge in [0.2, 0.25) is 0 Å². The highest BCUT2D eigenvalue weighted by atomic mass is 79.9. The molecule has 0 bridgehead atoms. The van der Waals surface area contributed by atoms with Gasteiger partial charge in [-0.15, -0.1) is 0 Å². The van der Waals surface area contributed by atoms with Crippen molar-refractivity contribution >= 4 is 44.8 Å². The molecule has 1 aliphatic heterocycles. The molecule has 0 atom stereocenters. The number of hydrogen-bond donors (Lipinski definition) is 2. The predicted octanol–water partition coefficient (Wildman–Crippen LogP) is 6.46. The second kappa shape index (κ2) is 9.96. The Hall–Kier alpha value is -3.58. The summed E-state index contributed by atoms with van der Waals surface area (Å²) in [5.41, 5.74) is 4.52. The van der Waals surface area contributed by atoms with Crippen LogP contribution in [0.5, 0.6) is 5.75 Å². The Kier molecular flexibility index (Phi) is 6.98. The van der Waals surface area contributed by atoms with Crippen LogP contribution in [0.25, 0.3) is 5.57 Å². The summed E-state index contributed by atoms with van der Waals surface area (Å²) >= 11 is 3.44. The molecule has 0 spiro atoms. The van der Waals surface area contributed by atoms with Crippen LogP contribution in [-0.4, -0.2) is 18.5 Å². The van der Waals surface area contributed by atoms with Crippen LogP contribution in [0.2, 0.25) is 0 Å². The topological polar surface area (TPSA) is 70.7 Å². The first-order valence-corrected chi connectivity index (χ1v) is 12.1. The summed E-state index contributed by atoms with van der Waals surface area (Å²) < 4.78 is 6.59. The average Bonchev–Trinajstić information content (AvgIpc) is 2.82. The SMILES string of the molecule is C=C(C)c1cccc(C(C)(C)NC(=O)Nc2ccc3c(c2)N(Cc2ccc(Br)cc2)C(=O)CO3)c1. The molecule has 0 unspecified atom stereocenters. The Labute approximate surface area is 214 Å². The highest BCUT2D eigenvalue weighted by molar-refractivity contribution is 9.10. The van der Waals surface area contributed by atoms with E-state index in [0.29, 0.717) is 23.7 Å². The number of carbonyl (C=O) groups excluding carboxylic acids is 2. The van der Waals surface area contributed by atoms with Crippen molar-refractivity contribution in [2.75, 3.05) is 16.8 Å². The number of nitrogens with one attached hydrogen (secondary N) is 2. The first-order chi connectivity index (χ1) is 16.6. The number of fused-ring (bicyclic) bond motifs is 1. The number of carbonyl (C=O) groups is 2. The van der Waals surface area contributed by atoms with E-state index in [0.717, 1.165) is 26.7 Å². The molecule has 3 amide bonds. The Morgan fingerprint density at radius 2 is 1.86 bits per heavy atom. The Bertz CT molecular complexity index is 1280. The van der Waals surface area contributed by atoms with Crippen molar-refractivity contribution in [2.45, 2.75) is 32.9 Å². The number of amides is 3. The fraction of sp³-hybridized carbons (Fsp3) is 0.214. The predicted molar refractivity (Wildman–Crippen MR) is 144 cm³/mol. The summed E-state index contributed by atoms with van der Waals surface area (Å²) in [4.78, 5) is 27.2. The maximum absolute atomic E-state index is 12.9. The first-order valence-electron chi connectivity index (χ1n) is 11.3. The van der Waals surface area contributed by atoms with Crippen LogP contribution >= 0.6 is 15.9 Å². The summed E-state index contributed by atoms with van der Waals surface area (Å²) in [7, 11) is 0. The van der Waals surface area contributed by atoms with Gasteiger partial charge >= 0.3 is 6.03 Å². The summed E-state index contributed by atoms with van der Waals surface area (Å²) in [6.45, 7) is 10.2. The monoisotopic (exact) mass is 533 g/mol. The molecule has 0 aromatic heterocycles. The van der Waals surface area contributed by atoms with Crippen LogP contribution in [0.15, 0.2) is 77.8 Å². The van der Waals surface area contributed by atoms with Gasteiger partial charge in [0.1, 0.15) is 5.75 Å². The van der Waals surface area contributed by atoms with Gasteiger partial charge in [-0.1, -0.05) is 58.4 Å². The lowest BCUT2D eigenvalue weighted by Crippen LogP contribution is -2.43. The zero-order valence-corrected chi connectivity index (χ0v) is 21.6. The van der Waals surface area contributed by atoms with Crippen molar-refractivity contribution in [3.05, 3.63) is 94.5 Å². The number of urea groups is 1. The van der Waals surface area contributed by atoms with Gasteiger partial charge in [-0.2, -0.15) is 0 Å². The molecule has 2 N–H and O–H groups in total. The van der Waals surface area contributed by atoms with Crippen LogP contribution in [0.3, 0.4) is 0 Å². The molecule has 4 rings (SSSR count). The Balaban J connectivity index is 1.51. The van der Waals surface area contributed by atoms with E-state index >= 15 is 0 Å². The van der Waals surface area contributed by atoms with Crippen LogP contribution in [0.4, 0.5) is 16.2 Å². The van der Waals surface area contributed by atoms with Gasteiger partial charge < -0.3 is 20.3 Å². The van der Waals surface area contributed by atoms with Gasteiger partial charge in [0.05, 0.1) is 17.8 Å². The molecule has 7 heteroatoms. The number of anilines is 2. The highest BCUT2D eigenvalue weighted by Gasteiger charge is 2.27.